The van der Waals surface area contributed by atoms with E-state index in [2.05, 4.69) is 24.2 Å². The molecule has 0 saturated carbocycles. The van der Waals surface area contributed by atoms with Gasteiger partial charge in [0.05, 0.1) is 10.6 Å². The summed E-state index contributed by atoms with van der Waals surface area (Å²) in [5.74, 6) is -0.187. The number of hydrogen-bond donors (Lipinski definition) is 3. The summed E-state index contributed by atoms with van der Waals surface area (Å²) < 4.78 is 23.6. The fraction of sp³-hybridized carbons (Fsp3) is 0.286. The first kappa shape index (κ1) is 26.1. The number of urea groups is 1. The topological polar surface area (TPSA) is 129 Å². The number of aryl methyl sites for hydroxylation is 2. The number of carbonyl (C=O) groups excluding carboxylic acids is 2. The van der Waals surface area contributed by atoms with Gasteiger partial charge < -0.3 is 10.6 Å². The minimum Gasteiger partial charge on any atom is -0.350 e. The van der Waals surface area contributed by atoms with Gasteiger partial charge in [-0.2, -0.15) is 3.15 Å². The van der Waals surface area contributed by atoms with Gasteiger partial charge in [0.1, 0.15) is 31.2 Å². The number of nitrogens with one attached hydrogen (secondary N) is 2. The van der Waals surface area contributed by atoms with E-state index in [0.29, 0.717) is 18.7 Å². The normalized spacial score (nSPS) is 18.2. The van der Waals surface area contributed by atoms with E-state index in [9.17, 15) is 13.8 Å². The number of carbonyl (C=O) groups is 2. The van der Waals surface area contributed by atoms with Crippen molar-refractivity contribution in [2.24, 2.45) is 12.6 Å². The summed E-state index contributed by atoms with van der Waals surface area (Å²) in [6, 6.07) is 8.46. The molecule has 2 aromatic rings. The van der Waals surface area contributed by atoms with Gasteiger partial charge in [-0.15, -0.1) is 4.36 Å². The van der Waals surface area contributed by atoms with Crippen LogP contribution in [0.4, 0.5) is 10.5 Å². The van der Waals surface area contributed by atoms with E-state index < -0.39 is 37.3 Å². The van der Waals surface area contributed by atoms with Crippen LogP contribution in [0.2, 0.25) is 0 Å². The van der Waals surface area contributed by atoms with E-state index in [1.807, 2.05) is 27.5 Å². The molecule has 9 nitrogen and oxygen atoms in total. The standard InChI is InChI=1S/C28H29IN6O3S/c30-39(38,34-28(37)32-25-22-7-3-5-19(22)17-20-6-4-8-23(20)25)21-12-10-18(11-13-21)14-15-31-27(36)26-24-9-1-2-16-35(24)29-33-26/h1-2,9-13,16-17H,3-8,14-15H2,(H,31,36)(H3,30,32,34,37,38). The van der Waals surface area contributed by atoms with E-state index in [0.717, 1.165) is 55.5 Å². The molecule has 2 aliphatic heterocycles. The number of hydrogen-bond acceptors (Lipinski definition) is 5. The molecule has 1 unspecified atom stereocenters. The lowest BCUT2D eigenvalue weighted by molar-refractivity contribution is -0.117. The Balaban J connectivity index is 1.09. The minimum absolute atomic E-state index is 0.187. The molecule has 1 atom stereocenters. The lowest BCUT2D eigenvalue weighted by Crippen LogP contribution is -2.27. The number of halogens is 1. The summed E-state index contributed by atoms with van der Waals surface area (Å²) in [6.07, 6.45) is 14.3. The average Bonchev–Trinajstić information content (AvgIpc) is 3.68. The van der Waals surface area contributed by atoms with E-state index in [1.54, 1.807) is 24.3 Å². The molecule has 4 N–H and O–H groups in total. The van der Waals surface area contributed by atoms with E-state index in [1.165, 1.54) is 22.3 Å². The monoisotopic (exact) mass is 656 g/mol. The molecular weight excluding hydrogens is 627 g/mol. The molecule has 4 aliphatic rings. The van der Waals surface area contributed by atoms with Gasteiger partial charge in [-0.3, -0.25) is 7.91 Å². The summed E-state index contributed by atoms with van der Waals surface area (Å²) in [5.41, 5.74) is 8.08. The van der Waals surface area contributed by atoms with Crippen LogP contribution in [0, 0.1) is 0 Å². The van der Waals surface area contributed by atoms with Crippen LogP contribution in [0.25, 0.3) is 0 Å². The van der Waals surface area contributed by atoms with Crippen molar-refractivity contribution in [1.29, 1.82) is 0 Å². The fourth-order valence-corrected chi connectivity index (χ4v) is 8.26. The third kappa shape index (κ3) is 5.35. The number of allylic oxidation sites excluding steroid dienone is 3. The molecule has 0 aromatic heterocycles. The molecule has 0 fully saturated rings. The zero-order valence-corrected chi connectivity index (χ0v) is 24.3. The van der Waals surface area contributed by atoms with Crippen molar-refractivity contribution in [2.45, 2.75) is 49.8 Å². The number of benzene rings is 2. The van der Waals surface area contributed by atoms with Crippen LogP contribution in [-0.4, -0.2) is 25.8 Å². The predicted molar refractivity (Wildman–Crippen MR) is 159 cm³/mol. The predicted octanol–water partition coefficient (Wildman–Crippen LogP) is 4.94. The Morgan fingerprint density at radius 1 is 1.05 bits per heavy atom. The zero-order valence-electron chi connectivity index (χ0n) is 21.3. The molecule has 202 valence electrons. The van der Waals surface area contributed by atoms with E-state index in [4.69, 9.17) is 5.14 Å². The van der Waals surface area contributed by atoms with Gasteiger partial charge >= 0.3 is 6.03 Å². The summed E-state index contributed by atoms with van der Waals surface area (Å²) in [7, 11) is -3.42. The number of fused-ring (bicyclic) bond motifs is 3. The van der Waals surface area contributed by atoms with E-state index in [-0.39, 0.29) is 10.8 Å². The lowest BCUT2D eigenvalue weighted by Gasteiger charge is -2.15. The number of amides is 3. The van der Waals surface area contributed by atoms with E-state index >= 15 is 0 Å². The smallest absolute Gasteiger partial charge is 0.350 e. The van der Waals surface area contributed by atoms with Crippen LogP contribution in [0.3, 0.4) is 0 Å². The molecule has 0 spiro atoms. The highest BCUT2D eigenvalue weighted by Gasteiger charge is 2.26. The maximum atomic E-state index is 13.2. The van der Waals surface area contributed by atoms with Crippen molar-refractivity contribution >= 4 is 48.8 Å². The highest BCUT2D eigenvalue weighted by atomic mass is 127. The molecule has 3 amide bonds. The maximum Gasteiger partial charge on any atom is 0.354 e. The second kappa shape index (κ2) is 10.8. The van der Waals surface area contributed by atoms with Crippen molar-refractivity contribution < 1.29 is 13.8 Å². The lowest BCUT2D eigenvalue weighted by atomic mass is 9.99. The Labute approximate surface area is 238 Å². The molecule has 6 rings (SSSR count). The van der Waals surface area contributed by atoms with Crippen molar-refractivity contribution in [3.8, 4) is 0 Å². The molecule has 2 aliphatic carbocycles. The van der Waals surface area contributed by atoms with Crippen LogP contribution in [-0.2, 0) is 46.8 Å². The highest BCUT2D eigenvalue weighted by Crippen LogP contribution is 2.39. The van der Waals surface area contributed by atoms with Gasteiger partial charge in [0.25, 0.3) is 5.91 Å². The average molecular weight is 657 g/mol. The molecule has 11 heteroatoms. The van der Waals surface area contributed by atoms with Gasteiger partial charge in [0.2, 0.25) is 0 Å². The molecule has 0 radical (unpaired) electrons. The molecule has 39 heavy (non-hydrogen) atoms. The second-order valence-electron chi connectivity index (χ2n) is 9.88. The summed E-state index contributed by atoms with van der Waals surface area (Å²) >= 11 is -0.585. The number of rotatable bonds is 6. The molecular formula is C28H29IN6O3S. The largest absolute Gasteiger partial charge is 0.354 e. The SMILES string of the molecule is NS(=O)(=NC(=O)Nc1c2c(cc3c1CCC3)CCC2)c1ccc(CCNC(=O)C2=C3C=CC=CN3I=N2)cc1. The Morgan fingerprint density at radius 2 is 1.77 bits per heavy atom. The maximum absolute atomic E-state index is 13.2. The number of nitrogens with two attached hydrogens (primary N) is 1. The van der Waals surface area contributed by atoms with Crippen LogP contribution in [0.5, 0.6) is 0 Å². The Hall–Kier alpha value is -3.16. The highest BCUT2D eigenvalue weighted by molar-refractivity contribution is 14.1. The minimum atomic E-state index is -3.42. The van der Waals surface area contributed by atoms with Crippen LogP contribution >= 0.6 is 21.3 Å². The first-order valence-corrected chi connectivity index (χ1v) is 16.5. The third-order valence-corrected chi connectivity index (χ3v) is 10.7. The number of nitrogens with zero attached hydrogens (tertiary/aromatic N) is 3. The fourth-order valence-electron chi connectivity index (χ4n) is 5.47. The summed E-state index contributed by atoms with van der Waals surface area (Å²) in [6.45, 7) is 0.429. The Morgan fingerprint density at radius 3 is 2.49 bits per heavy atom. The van der Waals surface area contributed by atoms with Crippen molar-refractivity contribution in [3.63, 3.8) is 0 Å². The van der Waals surface area contributed by atoms with Crippen molar-refractivity contribution in [1.82, 2.24) is 8.43 Å². The third-order valence-electron chi connectivity index (χ3n) is 7.36. The number of anilines is 1. The Bertz CT molecular complexity index is 1580. The summed E-state index contributed by atoms with van der Waals surface area (Å²) in [4.78, 5) is 25.8. The van der Waals surface area contributed by atoms with Gasteiger partial charge in [-0.25, -0.2) is 14.1 Å². The first-order valence-electron chi connectivity index (χ1n) is 13.0. The quantitative estimate of drug-likeness (QED) is 0.301. The summed E-state index contributed by atoms with van der Waals surface area (Å²) in [5, 5.41) is 11.9. The van der Waals surface area contributed by atoms with Gasteiger partial charge in [-0.1, -0.05) is 24.3 Å². The van der Waals surface area contributed by atoms with Crippen LogP contribution in [0.1, 0.15) is 40.7 Å². The van der Waals surface area contributed by atoms with Crippen molar-refractivity contribution in [2.75, 3.05) is 11.9 Å². The molecule has 2 heterocycles. The molecule has 0 bridgehead atoms. The first-order chi connectivity index (χ1) is 18.9. The van der Waals surface area contributed by atoms with Gasteiger partial charge in [-0.05, 0) is 97.0 Å². The van der Waals surface area contributed by atoms with Gasteiger partial charge in [0.15, 0.2) is 5.70 Å². The zero-order chi connectivity index (χ0) is 27.0. The van der Waals surface area contributed by atoms with Gasteiger partial charge in [0, 0.05) is 18.4 Å². The molecule has 2 aromatic carbocycles. The molecule has 0 saturated heterocycles. The van der Waals surface area contributed by atoms with Crippen LogP contribution in [0.15, 0.2) is 78.6 Å². The van der Waals surface area contributed by atoms with Crippen molar-refractivity contribution in [3.05, 3.63) is 94.0 Å². The second-order valence-corrected chi connectivity index (χ2v) is 13.6. The van der Waals surface area contributed by atoms with Crippen LogP contribution < -0.4 is 15.8 Å². The Kier molecular flexibility index (Phi) is 7.21.